The number of morpholine rings is 1. The van der Waals surface area contributed by atoms with Crippen LogP contribution in [-0.4, -0.2) is 36.9 Å². The molecule has 0 bridgehead atoms. The summed E-state index contributed by atoms with van der Waals surface area (Å²) in [6.07, 6.45) is 1.67. The van der Waals surface area contributed by atoms with E-state index in [4.69, 9.17) is 14.5 Å². The highest BCUT2D eigenvalue weighted by Crippen LogP contribution is 2.35. The Morgan fingerprint density at radius 3 is 2.62 bits per heavy atom. The third-order valence-corrected chi connectivity index (χ3v) is 4.71. The average molecular weight is 329 g/mol. The fourth-order valence-corrected chi connectivity index (χ4v) is 3.50. The fourth-order valence-electron chi connectivity index (χ4n) is 3.50. The second-order valence-electron chi connectivity index (χ2n) is 7.75. The molecule has 0 N–H and O–H groups in total. The van der Waals surface area contributed by atoms with E-state index in [0.29, 0.717) is 25.7 Å². The zero-order valence-electron chi connectivity index (χ0n) is 15.2. The summed E-state index contributed by atoms with van der Waals surface area (Å²) in [5, 5.41) is 9.86. The molecule has 2 aliphatic heterocycles. The number of aromatic nitrogens is 1. The van der Waals surface area contributed by atoms with Crippen molar-refractivity contribution >= 4 is 5.82 Å². The van der Waals surface area contributed by atoms with Crippen LogP contribution in [0.25, 0.3) is 0 Å². The number of ether oxygens (including phenoxy) is 2. The number of pyridine rings is 1. The number of hydrogen-bond donors (Lipinski definition) is 0. The molecule has 1 aromatic rings. The minimum atomic E-state index is -0.203. The number of rotatable bonds is 3. The molecule has 1 aromatic heterocycles. The Bertz CT molecular complexity index is 656. The third kappa shape index (κ3) is 3.40. The molecule has 5 heteroatoms. The van der Waals surface area contributed by atoms with Crippen LogP contribution in [0.15, 0.2) is 0 Å². The molecule has 0 aromatic carbocycles. The largest absolute Gasteiger partial charge is 0.378 e. The molecule has 0 unspecified atom stereocenters. The molecule has 130 valence electrons. The quantitative estimate of drug-likeness (QED) is 0.853. The predicted molar refractivity (Wildman–Crippen MR) is 93.1 cm³/mol. The van der Waals surface area contributed by atoms with Gasteiger partial charge in [-0.25, -0.2) is 4.98 Å². The number of nitriles is 1. The zero-order valence-corrected chi connectivity index (χ0v) is 15.2. The molecular weight excluding hydrogens is 302 g/mol. The minimum absolute atomic E-state index is 0.203. The van der Waals surface area contributed by atoms with Gasteiger partial charge in [0.05, 0.1) is 36.7 Å². The Labute approximate surface area is 144 Å². The van der Waals surface area contributed by atoms with Gasteiger partial charge in [-0.3, -0.25) is 0 Å². The smallest absolute Gasteiger partial charge is 0.147 e. The van der Waals surface area contributed by atoms with E-state index in [1.54, 1.807) is 0 Å². The van der Waals surface area contributed by atoms with Crippen molar-refractivity contribution in [3.8, 4) is 6.07 Å². The van der Waals surface area contributed by atoms with Gasteiger partial charge >= 0.3 is 0 Å². The summed E-state index contributed by atoms with van der Waals surface area (Å²) in [6, 6.07) is 2.44. The third-order valence-electron chi connectivity index (χ3n) is 4.71. The lowest BCUT2D eigenvalue weighted by Gasteiger charge is -2.35. The number of hydrogen-bond acceptors (Lipinski definition) is 5. The van der Waals surface area contributed by atoms with E-state index in [9.17, 15) is 5.26 Å². The standard InChI is InChI=1S/C19H27N3O2/c1-13(2)9-14-15(11-20)18(22-5-7-23-8-6-22)21-17-10-19(3,4)24-12-16(14)17/h13H,5-10,12H2,1-4H3. The van der Waals surface area contributed by atoms with Crippen molar-refractivity contribution in [2.24, 2.45) is 5.92 Å². The van der Waals surface area contributed by atoms with Crippen LogP contribution in [-0.2, 0) is 28.9 Å². The van der Waals surface area contributed by atoms with E-state index in [-0.39, 0.29) is 5.60 Å². The summed E-state index contributed by atoms with van der Waals surface area (Å²) in [7, 11) is 0. The van der Waals surface area contributed by atoms with Crippen LogP contribution in [0.3, 0.4) is 0 Å². The van der Waals surface area contributed by atoms with Gasteiger partial charge < -0.3 is 14.4 Å². The normalized spacial score (nSPS) is 19.9. The maximum absolute atomic E-state index is 9.86. The van der Waals surface area contributed by atoms with Crippen LogP contribution in [0.1, 0.15) is 50.1 Å². The van der Waals surface area contributed by atoms with Crippen LogP contribution >= 0.6 is 0 Å². The number of nitrogens with zero attached hydrogens (tertiary/aromatic N) is 3. The van der Waals surface area contributed by atoms with Crippen molar-refractivity contribution in [2.75, 3.05) is 31.2 Å². The van der Waals surface area contributed by atoms with Gasteiger partial charge in [0.2, 0.25) is 0 Å². The van der Waals surface area contributed by atoms with E-state index in [0.717, 1.165) is 54.1 Å². The molecule has 0 saturated carbocycles. The molecule has 0 radical (unpaired) electrons. The molecule has 5 nitrogen and oxygen atoms in total. The lowest BCUT2D eigenvalue weighted by molar-refractivity contribution is -0.0417. The molecular formula is C19H27N3O2. The van der Waals surface area contributed by atoms with Crippen molar-refractivity contribution in [3.05, 3.63) is 22.4 Å². The van der Waals surface area contributed by atoms with Gasteiger partial charge in [0.25, 0.3) is 0 Å². The monoisotopic (exact) mass is 329 g/mol. The van der Waals surface area contributed by atoms with Crippen molar-refractivity contribution in [1.82, 2.24) is 4.98 Å². The molecule has 3 rings (SSSR count). The van der Waals surface area contributed by atoms with Crippen molar-refractivity contribution in [1.29, 1.82) is 5.26 Å². The van der Waals surface area contributed by atoms with Crippen molar-refractivity contribution < 1.29 is 9.47 Å². The molecule has 0 spiro atoms. The van der Waals surface area contributed by atoms with E-state index < -0.39 is 0 Å². The first-order valence-corrected chi connectivity index (χ1v) is 8.82. The first kappa shape index (κ1) is 17.2. The van der Waals surface area contributed by atoms with E-state index in [2.05, 4.69) is 38.7 Å². The van der Waals surface area contributed by atoms with Crippen LogP contribution in [0.5, 0.6) is 0 Å². The Morgan fingerprint density at radius 2 is 2.00 bits per heavy atom. The van der Waals surface area contributed by atoms with Gasteiger partial charge in [0.1, 0.15) is 11.9 Å². The summed E-state index contributed by atoms with van der Waals surface area (Å²) >= 11 is 0. The van der Waals surface area contributed by atoms with Crippen molar-refractivity contribution in [2.45, 2.75) is 52.7 Å². The van der Waals surface area contributed by atoms with Crippen LogP contribution in [0, 0.1) is 17.2 Å². The second-order valence-corrected chi connectivity index (χ2v) is 7.75. The minimum Gasteiger partial charge on any atom is -0.378 e. The Balaban J connectivity index is 2.13. The first-order chi connectivity index (χ1) is 11.4. The Hall–Kier alpha value is -1.64. The molecule has 1 saturated heterocycles. The molecule has 1 fully saturated rings. The van der Waals surface area contributed by atoms with E-state index in [1.807, 2.05) is 0 Å². The highest BCUT2D eigenvalue weighted by atomic mass is 16.5. The van der Waals surface area contributed by atoms with Gasteiger partial charge in [-0.15, -0.1) is 0 Å². The molecule has 2 aliphatic rings. The first-order valence-electron chi connectivity index (χ1n) is 8.82. The second kappa shape index (κ2) is 6.70. The van der Waals surface area contributed by atoms with Gasteiger partial charge in [-0.2, -0.15) is 5.26 Å². The van der Waals surface area contributed by atoms with Crippen LogP contribution in [0.2, 0.25) is 0 Å². The van der Waals surface area contributed by atoms with Gasteiger partial charge in [-0.1, -0.05) is 13.8 Å². The topological polar surface area (TPSA) is 58.4 Å². The Morgan fingerprint density at radius 1 is 1.29 bits per heavy atom. The summed E-state index contributed by atoms with van der Waals surface area (Å²) in [5.74, 6) is 1.32. The lowest BCUT2D eigenvalue weighted by Crippen LogP contribution is -2.39. The van der Waals surface area contributed by atoms with Crippen molar-refractivity contribution in [3.63, 3.8) is 0 Å². The maximum Gasteiger partial charge on any atom is 0.147 e. The highest BCUT2D eigenvalue weighted by molar-refractivity contribution is 5.61. The fraction of sp³-hybridized carbons (Fsp3) is 0.684. The molecule has 3 heterocycles. The summed E-state index contributed by atoms with van der Waals surface area (Å²) in [5.41, 5.74) is 3.90. The predicted octanol–water partition coefficient (Wildman–Crippen LogP) is 2.84. The van der Waals surface area contributed by atoms with E-state index >= 15 is 0 Å². The zero-order chi connectivity index (χ0) is 17.3. The summed E-state index contributed by atoms with van der Waals surface area (Å²) < 4.78 is 11.5. The van der Waals surface area contributed by atoms with Crippen LogP contribution < -0.4 is 4.90 Å². The van der Waals surface area contributed by atoms with Gasteiger partial charge in [-0.05, 0) is 31.7 Å². The number of fused-ring (bicyclic) bond motifs is 1. The van der Waals surface area contributed by atoms with Crippen LogP contribution in [0.4, 0.5) is 5.82 Å². The van der Waals surface area contributed by atoms with Gasteiger partial charge in [0, 0.05) is 25.1 Å². The Kier molecular flexibility index (Phi) is 4.80. The molecule has 0 aliphatic carbocycles. The maximum atomic E-state index is 9.86. The van der Waals surface area contributed by atoms with Gasteiger partial charge in [0.15, 0.2) is 0 Å². The lowest BCUT2D eigenvalue weighted by atomic mass is 9.88. The highest BCUT2D eigenvalue weighted by Gasteiger charge is 2.32. The average Bonchev–Trinajstić information content (AvgIpc) is 2.53. The van der Waals surface area contributed by atoms with E-state index in [1.165, 1.54) is 0 Å². The SMILES string of the molecule is CC(C)Cc1c(C#N)c(N2CCOCC2)nc2c1COC(C)(C)C2. The molecule has 0 amide bonds. The molecule has 24 heavy (non-hydrogen) atoms. The summed E-state index contributed by atoms with van der Waals surface area (Å²) in [6.45, 7) is 12.1. The number of anilines is 1. The summed E-state index contributed by atoms with van der Waals surface area (Å²) in [4.78, 5) is 7.14. The molecule has 0 atom stereocenters.